The average molecular weight is 300 g/mol. The quantitative estimate of drug-likeness (QED) is 0.590. The number of amides is 1. The predicted molar refractivity (Wildman–Crippen MR) is 74.8 cm³/mol. The fourth-order valence-corrected chi connectivity index (χ4v) is 4.16. The molecule has 0 aliphatic carbocycles. The van der Waals surface area contributed by atoms with Crippen LogP contribution in [-0.4, -0.2) is 62.8 Å². The van der Waals surface area contributed by atoms with Crippen molar-refractivity contribution < 1.29 is 18.3 Å². The molecular formula is C13H20N2O4S. The van der Waals surface area contributed by atoms with E-state index in [0.29, 0.717) is 19.6 Å². The van der Waals surface area contributed by atoms with Crippen LogP contribution in [0.3, 0.4) is 0 Å². The van der Waals surface area contributed by atoms with Crippen molar-refractivity contribution in [3.8, 4) is 12.3 Å². The molecule has 2 bridgehead atoms. The van der Waals surface area contributed by atoms with Crippen molar-refractivity contribution in [2.45, 2.75) is 31.3 Å². The SMILES string of the molecule is C#CCN1C[C@H](COC)C2CCCC(C1=O)N2S(=O)O. The van der Waals surface area contributed by atoms with Crippen LogP contribution in [0.25, 0.3) is 0 Å². The van der Waals surface area contributed by atoms with E-state index in [2.05, 4.69) is 5.92 Å². The first-order valence-corrected chi connectivity index (χ1v) is 7.77. The van der Waals surface area contributed by atoms with Gasteiger partial charge in [-0.15, -0.1) is 6.42 Å². The maximum atomic E-state index is 12.5. The molecule has 2 fully saturated rings. The van der Waals surface area contributed by atoms with Gasteiger partial charge in [0.2, 0.25) is 17.2 Å². The highest BCUT2D eigenvalue weighted by molar-refractivity contribution is 7.76. The van der Waals surface area contributed by atoms with Gasteiger partial charge in [0.05, 0.1) is 13.2 Å². The van der Waals surface area contributed by atoms with Crippen LogP contribution in [0.15, 0.2) is 0 Å². The van der Waals surface area contributed by atoms with E-state index in [1.165, 1.54) is 4.31 Å². The van der Waals surface area contributed by atoms with Gasteiger partial charge in [-0.25, -0.2) is 4.21 Å². The van der Waals surface area contributed by atoms with E-state index in [4.69, 9.17) is 11.2 Å². The minimum atomic E-state index is -2.16. The van der Waals surface area contributed by atoms with Crippen molar-refractivity contribution in [1.29, 1.82) is 0 Å². The summed E-state index contributed by atoms with van der Waals surface area (Å²) in [6.45, 7) is 1.15. The van der Waals surface area contributed by atoms with Crippen molar-refractivity contribution in [3.63, 3.8) is 0 Å². The molecule has 0 spiro atoms. The number of hydrogen-bond donors (Lipinski definition) is 1. The molecule has 4 atom stereocenters. The molecule has 0 aromatic carbocycles. The highest BCUT2D eigenvalue weighted by Crippen LogP contribution is 2.33. The second-order valence-corrected chi connectivity index (χ2v) is 6.13. The molecule has 7 heteroatoms. The van der Waals surface area contributed by atoms with Crippen LogP contribution in [0.5, 0.6) is 0 Å². The van der Waals surface area contributed by atoms with Crippen LogP contribution < -0.4 is 0 Å². The van der Waals surface area contributed by atoms with Crippen LogP contribution in [0.1, 0.15) is 19.3 Å². The molecule has 0 radical (unpaired) electrons. The number of rotatable bonds is 4. The highest BCUT2D eigenvalue weighted by atomic mass is 32.2. The molecule has 0 saturated carbocycles. The molecule has 2 aliphatic rings. The molecule has 2 rings (SSSR count). The van der Waals surface area contributed by atoms with E-state index in [1.54, 1.807) is 12.0 Å². The zero-order chi connectivity index (χ0) is 14.7. The normalized spacial score (nSPS) is 32.5. The first kappa shape index (κ1) is 15.4. The second kappa shape index (κ2) is 6.68. The number of terminal acetylenes is 1. The lowest BCUT2D eigenvalue weighted by atomic mass is 9.91. The highest BCUT2D eigenvalue weighted by Gasteiger charge is 2.46. The van der Waals surface area contributed by atoms with E-state index in [0.717, 1.165) is 12.8 Å². The van der Waals surface area contributed by atoms with Gasteiger partial charge < -0.3 is 9.64 Å². The van der Waals surface area contributed by atoms with Crippen LogP contribution >= 0.6 is 0 Å². The van der Waals surface area contributed by atoms with Crippen LogP contribution in [0, 0.1) is 18.3 Å². The molecule has 1 amide bonds. The third kappa shape index (κ3) is 2.88. The fraction of sp³-hybridized carbons (Fsp3) is 0.769. The fourth-order valence-electron chi connectivity index (χ4n) is 3.24. The molecule has 3 unspecified atom stereocenters. The monoisotopic (exact) mass is 300 g/mol. The lowest BCUT2D eigenvalue weighted by molar-refractivity contribution is -0.134. The van der Waals surface area contributed by atoms with E-state index in [9.17, 15) is 13.6 Å². The third-order valence-electron chi connectivity index (χ3n) is 4.05. The van der Waals surface area contributed by atoms with E-state index in [-0.39, 0.29) is 24.4 Å². The molecule has 2 aliphatic heterocycles. The summed E-state index contributed by atoms with van der Waals surface area (Å²) < 4.78 is 27.9. The van der Waals surface area contributed by atoms with Gasteiger partial charge in [-0.05, 0) is 19.3 Å². The van der Waals surface area contributed by atoms with Gasteiger partial charge in [-0.1, -0.05) is 5.92 Å². The minimum Gasteiger partial charge on any atom is -0.384 e. The lowest BCUT2D eigenvalue weighted by Gasteiger charge is -2.38. The van der Waals surface area contributed by atoms with E-state index >= 15 is 0 Å². The van der Waals surface area contributed by atoms with Crippen LogP contribution in [0.4, 0.5) is 0 Å². The number of carbonyl (C=O) groups is 1. The summed E-state index contributed by atoms with van der Waals surface area (Å²) in [5.74, 6) is 2.34. The maximum absolute atomic E-state index is 12.5. The molecule has 2 saturated heterocycles. The summed E-state index contributed by atoms with van der Waals surface area (Å²) in [6.07, 6.45) is 7.60. The Kier molecular flexibility index (Phi) is 5.16. The Labute approximate surface area is 121 Å². The summed E-state index contributed by atoms with van der Waals surface area (Å²) in [6, 6.07) is -0.666. The Bertz CT molecular complexity index is 437. The lowest BCUT2D eigenvalue weighted by Crippen LogP contribution is -2.53. The zero-order valence-electron chi connectivity index (χ0n) is 11.5. The largest absolute Gasteiger partial charge is 0.384 e. The maximum Gasteiger partial charge on any atom is 0.241 e. The number of methoxy groups -OCH3 is 1. The molecule has 0 aromatic rings. The summed E-state index contributed by atoms with van der Waals surface area (Å²) in [5, 5.41) is 0. The molecule has 6 nitrogen and oxygen atoms in total. The molecule has 112 valence electrons. The Hall–Kier alpha value is -0.940. The van der Waals surface area contributed by atoms with E-state index in [1.807, 2.05) is 0 Å². The van der Waals surface area contributed by atoms with Crippen LogP contribution in [0.2, 0.25) is 0 Å². The van der Waals surface area contributed by atoms with Gasteiger partial charge in [0.15, 0.2) is 0 Å². The Balaban J connectivity index is 2.35. The molecule has 2 heterocycles. The Morgan fingerprint density at radius 3 is 2.90 bits per heavy atom. The van der Waals surface area contributed by atoms with Crippen molar-refractivity contribution in [2.75, 3.05) is 26.8 Å². The van der Waals surface area contributed by atoms with Crippen molar-refractivity contribution in [2.24, 2.45) is 5.92 Å². The topological polar surface area (TPSA) is 70.1 Å². The summed E-state index contributed by atoms with van der Waals surface area (Å²) in [4.78, 5) is 14.1. The van der Waals surface area contributed by atoms with Crippen molar-refractivity contribution in [3.05, 3.63) is 0 Å². The molecule has 20 heavy (non-hydrogen) atoms. The first-order chi connectivity index (χ1) is 9.60. The summed E-state index contributed by atoms with van der Waals surface area (Å²) in [5.41, 5.74) is 0. The van der Waals surface area contributed by atoms with Crippen molar-refractivity contribution >= 4 is 17.2 Å². The average Bonchev–Trinajstić information content (AvgIpc) is 2.49. The molecule has 1 N–H and O–H groups in total. The van der Waals surface area contributed by atoms with Gasteiger partial charge in [0, 0.05) is 25.6 Å². The summed E-state index contributed by atoms with van der Waals surface area (Å²) >= 11 is -2.16. The number of fused-ring (bicyclic) bond motifs is 2. The number of piperidine rings is 1. The third-order valence-corrected chi connectivity index (χ3v) is 4.94. The van der Waals surface area contributed by atoms with Gasteiger partial charge >= 0.3 is 0 Å². The summed E-state index contributed by atoms with van der Waals surface area (Å²) in [7, 11) is 1.60. The van der Waals surface area contributed by atoms with Gasteiger partial charge in [0.25, 0.3) is 0 Å². The minimum absolute atomic E-state index is 0.00120. The van der Waals surface area contributed by atoms with E-state index < -0.39 is 17.3 Å². The van der Waals surface area contributed by atoms with Crippen LogP contribution in [-0.2, 0) is 20.8 Å². The smallest absolute Gasteiger partial charge is 0.241 e. The first-order valence-electron chi connectivity index (χ1n) is 6.70. The second-order valence-electron chi connectivity index (χ2n) is 5.24. The Morgan fingerprint density at radius 1 is 1.55 bits per heavy atom. The number of nitrogens with zero attached hydrogens (tertiary/aromatic N) is 2. The number of hydrogen-bond acceptors (Lipinski definition) is 3. The number of ether oxygens (including phenoxy) is 1. The van der Waals surface area contributed by atoms with Gasteiger partial charge in [0.1, 0.15) is 6.04 Å². The van der Waals surface area contributed by atoms with Gasteiger partial charge in [-0.3, -0.25) is 9.35 Å². The van der Waals surface area contributed by atoms with Crippen molar-refractivity contribution in [1.82, 2.24) is 9.21 Å². The standard InChI is InChI=1S/C13H20N2O4S/c1-3-7-14-8-10(9-19-2)11-5-4-6-12(13(14)16)15(11)20(17)18/h1,10-12H,4-9H2,2H3,(H,17,18)/t10-,11?,12?/m1/s1. The number of carbonyl (C=O) groups excluding carboxylic acids is 1. The molecular weight excluding hydrogens is 280 g/mol. The Morgan fingerprint density at radius 2 is 2.30 bits per heavy atom. The zero-order valence-corrected chi connectivity index (χ0v) is 12.3. The molecule has 0 aromatic heterocycles. The predicted octanol–water partition coefficient (Wildman–Crippen LogP) is 0.0842. The van der Waals surface area contributed by atoms with Gasteiger partial charge in [-0.2, -0.15) is 4.31 Å².